The van der Waals surface area contributed by atoms with Gasteiger partial charge in [0.2, 0.25) is 0 Å². The van der Waals surface area contributed by atoms with Crippen molar-refractivity contribution >= 4 is 0 Å². The number of rotatable bonds is 22. The second-order valence-corrected chi connectivity index (χ2v) is 10.6. The third-order valence-electron chi connectivity index (χ3n) is 7.11. The molecule has 0 fully saturated rings. The summed E-state index contributed by atoms with van der Waals surface area (Å²) in [5, 5.41) is 3.55. The highest BCUT2D eigenvalue weighted by Crippen LogP contribution is 2.15. The van der Waals surface area contributed by atoms with Crippen molar-refractivity contribution in [3.05, 3.63) is 59.6 Å². The summed E-state index contributed by atoms with van der Waals surface area (Å²) in [6.07, 6.45) is 30.4. The highest BCUT2D eigenvalue weighted by atomic mass is 14.9. The van der Waals surface area contributed by atoms with Crippen molar-refractivity contribution in [2.75, 3.05) is 6.54 Å². The molecule has 0 saturated carbocycles. The smallest absolute Gasteiger partial charge is 0.0184 e. The van der Waals surface area contributed by atoms with E-state index in [1.165, 1.54) is 132 Å². The van der Waals surface area contributed by atoms with E-state index in [0.29, 0.717) is 0 Å². The van der Waals surface area contributed by atoms with Gasteiger partial charge in [0.25, 0.3) is 0 Å². The van der Waals surface area contributed by atoms with Crippen molar-refractivity contribution < 1.29 is 0 Å². The molecule has 0 aliphatic heterocycles. The Morgan fingerprint density at radius 3 is 1.83 bits per heavy atom. The van der Waals surface area contributed by atoms with E-state index in [0.717, 1.165) is 19.4 Å². The van der Waals surface area contributed by atoms with Crippen LogP contribution in [0, 0.1) is 13.8 Å². The minimum atomic E-state index is 0.947. The molecule has 0 atom stereocenters. The number of nitrogens with one attached hydrogen (secondary N) is 2. The van der Waals surface area contributed by atoms with E-state index in [-0.39, 0.29) is 0 Å². The fourth-order valence-corrected chi connectivity index (χ4v) is 4.80. The normalized spacial score (nSPS) is 10.8. The first-order valence-electron chi connectivity index (χ1n) is 15.0. The number of unbranched alkanes of at least 4 members (excludes halogenated alkanes) is 16. The minimum absolute atomic E-state index is 0.947. The first kappa shape index (κ1) is 31.3. The molecule has 35 heavy (non-hydrogen) atoms. The van der Waals surface area contributed by atoms with Crippen LogP contribution >= 0.6 is 0 Å². The maximum atomic E-state index is 4.25. The summed E-state index contributed by atoms with van der Waals surface area (Å²) in [7, 11) is 0. The molecule has 0 spiro atoms. The van der Waals surface area contributed by atoms with Crippen LogP contribution in [0.4, 0.5) is 0 Å². The summed E-state index contributed by atoms with van der Waals surface area (Å²) < 4.78 is 0. The molecule has 0 bridgehead atoms. The Morgan fingerprint density at radius 1 is 0.771 bits per heavy atom. The van der Waals surface area contributed by atoms with Gasteiger partial charge in [-0.25, -0.2) is 0 Å². The second-order valence-electron chi connectivity index (χ2n) is 10.6. The predicted molar refractivity (Wildman–Crippen MR) is 158 cm³/mol. The zero-order valence-electron chi connectivity index (χ0n) is 23.7. The average Bonchev–Trinajstić information content (AvgIpc) is 2.91. The van der Waals surface area contributed by atoms with Crippen LogP contribution in [0.15, 0.2) is 42.9 Å². The van der Waals surface area contributed by atoms with Gasteiger partial charge in [-0.15, -0.1) is 0 Å². The lowest BCUT2D eigenvalue weighted by Crippen LogP contribution is -2.16. The molecule has 1 heterocycles. The Morgan fingerprint density at radius 2 is 1.29 bits per heavy atom. The van der Waals surface area contributed by atoms with Crippen molar-refractivity contribution in [3.63, 3.8) is 0 Å². The van der Waals surface area contributed by atoms with Gasteiger partial charge in [-0.2, -0.15) is 0 Å². The van der Waals surface area contributed by atoms with Crippen LogP contribution in [0.25, 0.3) is 0 Å². The van der Waals surface area contributed by atoms with E-state index < -0.39 is 0 Å². The van der Waals surface area contributed by atoms with Gasteiger partial charge in [-0.1, -0.05) is 134 Å². The molecular weight excluding hydrogens is 424 g/mol. The Hall–Kier alpha value is -1.70. The van der Waals surface area contributed by atoms with Gasteiger partial charge >= 0.3 is 0 Å². The lowest BCUT2D eigenvalue weighted by Gasteiger charge is -2.10. The van der Waals surface area contributed by atoms with Crippen molar-refractivity contribution in [3.8, 4) is 0 Å². The summed E-state index contributed by atoms with van der Waals surface area (Å²) in [5.41, 5.74) is 5.16. The summed E-state index contributed by atoms with van der Waals surface area (Å²) >= 11 is 0. The molecule has 1 aromatic rings. The van der Waals surface area contributed by atoms with Crippen LogP contribution < -0.4 is 5.32 Å². The van der Waals surface area contributed by atoms with E-state index in [2.05, 4.69) is 62.0 Å². The Bertz CT molecular complexity index is 686. The van der Waals surface area contributed by atoms with E-state index in [4.69, 9.17) is 0 Å². The lowest BCUT2D eigenvalue weighted by atomic mass is 10.0. The maximum Gasteiger partial charge on any atom is 0.0184 e. The van der Waals surface area contributed by atoms with Crippen LogP contribution in [0.5, 0.6) is 0 Å². The van der Waals surface area contributed by atoms with Crippen LogP contribution in [0.3, 0.4) is 0 Å². The molecule has 200 valence electrons. The van der Waals surface area contributed by atoms with Crippen LogP contribution in [0.2, 0.25) is 0 Å². The van der Waals surface area contributed by atoms with Crippen LogP contribution in [-0.4, -0.2) is 11.5 Å². The summed E-state index contributed by atoms with van der Waals surface area (Å²) in [6, 6.07) is 6.44. The highest BCUT2D eigenvalue weighted by molar-refractivity contribution is 5.24. The Balaban J connectivity index is 1.93. The molecule has 0 aromatic carbocycles. The molecule has 1 aromatic heterocycles. The van der Waals surface area contributed by atoms with Gasteiger partial charge in [0.15, 0.2) is 0 Å². The number of aromatic nitrogens is 1. The molecule has 0 amide bonds. The monoisotopic (exact) mass is 482 g/mol. The molecule has 1 rings (SSSR count). The third kappa shape index (κ3) is 19.2. The quantitative estimate of drug-likeness (QED) is 0.158. The number of allylic oxidation sites excluding steroid dienone is 1. The van der Waals surface area contributed by atoms with Gasteiger partial charge in [0.05, 0.1) is 0 Å². The molecular formula is C33H58N2. The molecule has 2 nitrogen and oxygen atoms in total. The van der Waals surface area contributed by atoms with E-state index in [1.54, 1.807) is 0 Å². The molecule has 0 unspecified atom stereocenters. The standard InChI is InChI=1S/C33H58N2/c1-5-6-7-8-9-10-11-12-13-14-15-16-17-18-19-20-21-24-32(4)35-27-25-33-29-34-26-22-23-30(2)28-31(33)3/h22-23,26,28-29,34-35H,4-21,24-25,27H2,1-3H3. The van der Waals surface area contributed by atoms with Crippen molar-refractivity contribution in [1.82, 2.24) is 10.3 Å². The van der Waals surface area contributed by atoms with E-state index in [9.17, 15) is 0 Å². The summed E-state index contributed by atoms with van der Waals surface area (Å²) in [6.45, 7) is 11.8. The fraction of sp³-hybridized carbons (Fsp3) is 0.697. The van der Waals surface area contributed by atoms with Gasteiger partial charge in [0, 0.05) is 24.6 Å². The largest absolute Gasteiger partial charge is 0.388 e. The molecule has 2 heteroatoms. The van der Waals surface area contributed by atoms with Gasteiger partial charge in [-0.05, 0) is 50.3 Å². The number of hydrogen-bond acceptors (Lipinski definition) is 1. The van der Waals surface area contributed by atoms with Crippen molar-refractivity contribution in [1.29, 1.82) is 0 Å². The van der Waals surface area contributed by atoms with Crippen molar-refractivity contribution in [2.24, 2.45) is 0 Å². The first-order chi connectivity index (χ1) is 17.1. The predicted octanol–water partition coefficient (Wildman–Crippen LogP) is 10.4. The second kappa shape index (κ2) is 22.7. The van der Waals surface area contributed by atoms with Crippen LogP contribution in [-0.2, 0) is 6.42 Å². The lowest BCUT2D eigenvalue weighted by molar-refractivity contribution is 0.526. The summed E-state index contributed by atoms with van der Waals surface area (Å²) in [4.78, 5) is 3.28. The van der Waals surface area contributed by atoms with E-state index >= 15 is 0 Å². The SMILES string of the molecule is C=C(CCCCCCCCCCCCCCCCCCC)NCCc1c[nH]cccc(C)cc1C. The fourth-order valence-electron chi connectivity index (χ4n) is 4.80. The molecule has 0 saturated heterocycles. The van der Waals surface area contributed by atoms with E-state index in [1.807, 2.05) is 6.20 Å². The molecule has 2 N–H and O–H groups in total. The van der Waals surface area contributed by atoms with Crippen LogP contribution in [0.1, 0.15) is 139 Å². The minimum Gasteiger partial charge on any atom is -0.388 e. The Kier molecular flexibility index (Phi) is 20.4. The number of H-pyrrole nitrogens is 1. The average molecular weight is 483 g/mol. The Labute approximate surface area is 219 Å². The maximum absolute atomic E-state index is 4.25. The topological polar surface area (TPSA) is 27.8 Å². The summed E-state index contributed by atoms with van der Waals surface area (Å²) in [5.74, 6) is 0. The number of aryl methyl sites for hydroxylation is 2. The zero-order valence-corrected chi connectivity index (χ0v) is 23.7. The highest BCUT2D eigenvalue weighted by Gasteiger charge is 1.99. The number of hydrogen-bond donors (Lipinski definition) is 2. The van der Waals surface area contributed by atoms with Gasteiger partial charge in [0.1, 0.15) is 0 Å². The zero-order chi connectivity index (χ0) is 25.4. The van der Waals surface area contributed by atoms with Gasteiger partial charge in [-0.3, -0.25) is 0 Å². The molecule has 0 radical (unpaired) electrons. The number of aromatic amines is 1. The first-order valence-corrected chi connectivity index (χ1v) is 15.0. The molecule has 0 aliphatic rings. The van der Waals surface area contributed by atoms with Gasteiger partial charge < -0.3 is 10.3 Å². The molecule has 0 aliphatic carbocycles. The third-order valence-corrected chi connectivity index (χ3v) is 7.11. The van der Waals surface area contributed by atoms with Crippen molar-refractivity contribution in [2.45, 2.75) is 143 Å².